The highest BCUT2D eigenvalue weighted by atomic mass is 32.2. The van der Waals surface area contributed by atoms with E-state index in [2.05, 4.69) is 23.8 Å². The van der Waals surface area contributed by atoms with Gasteiger partial charge in [-0.25, -0.2) is 18.4 Å². The smallest absolute Gasteiger partial charge is 0.178 e. The lowest BCUT2D eigenvalue weighted by molar-refractivity contribution is 0.304. The summed E-state index contributed by atoms with van der Waals surface area (Å²) in [4.78, 5) is 9.22. The molecule has 0 aliphatic heterocycles. The number of benzene rings is 2. The van der Waals surface area contributed by atoms with E-state index in [0.717, 1.165) is 44.3 Å². The summed E-state index contributed by atoms with van der Waals surface area (Å²) < 4.78 is 31.7. The lowest BCUT2D eigenvalue weighted by atomic mass is 10.0. The van der Waals surface area contributed by atoms with Crippen molar-refractivity contribution in [2.45, 2.75) is 95.8 Å². The molecular formula is C34H42N4O3S. The first-order chi connectivity index (χ1) is 20.4. The number of nitrogens with zero attached hydrogens (tertiary/aromatic N) is 4. The molecule has 42 heavy (non-hydrogen) atoms. The van der Waals surface area contributed by atoms with Crippen LogP contribution < -0.4 is 4.74 Å². The molecule has 0 bridgehead atoms. The topological polar surface area (TPSA) is 117 Å². The van der Waals surface area contributed by atoms with Crippen LogP contribution in [0, 0.1) is 22.7 Å². The first kappa shape index (κ1) is 32.8. The van der Waals surface area contributed by atoms with Gasteiger partial charge in [0.2, 0.25) is 0 Å². The largest absolute Gasteiger partial charge is 0.494 e. The zero-order valence-electron chi connectivity index (χ0n) is 24.9. The second-order valence-corrected chi connectivity index (χ2v) is 12.7. The van der Waals surface area contributed by atoms with Gasteiger partial charge >= 0.3 is 0 Å². The number of hydrogen-bond acceptors (Lipinski definition) is 7. The molecule has 0 spiro atoms. The van der Waals surface area contributed by atoms with Crippen LogP contribution in [0.25, 0.3) is 22.5 Å². The lowest BCUT2D eigenvalue weighted by Crippen LogP contribution is -2.07. The fourth-order valence-corrected chi connectivity index (χ4v) is 6.16. The van der Waals surface area contributed by atoms with Crippen LogP contribution in [0.2, 0.25) is 0 Å². The van der Waals surface area contributed by atoms with Gasteiger partial charge < -0.3 is 4.74 Å². The van der Waals surface area contributed by atoms with Crippen LogP contribution in [0.15, 0.2) is 53.4 Å². The number of unbranched alkanes of at least 4 members (excludes halogenated alkanes) is 10. The number of ether oxygens (including phenoxy) is 1. The summed E-state index contributed by atoms with van der Waals surface area (Å²) >= 11 is 0. The first-order valence-electron chi connectivity index (χ1n) is 15.2. The minimum Gasteiger partial charge on any atom is -0.494 e. The molecule has 0 N–H and O–H groups in total. The molecule has 0 aliphatic rings. The number of rotatable bonds is 18. The quantitative estimate of drug-likeness (QED) is 0.137. The summed E-state index contributed by atoms with van der Waals surface area (Å²) in [6.45, 7) is 5.02. The van der Waals surface area contributed by atoms with Gasteiger partial charge in [-0.2, -0.15) is 10.5 Å². The van der Waals surface area contributed by atoms with Gasteiger partial charge in [-0.3, -0.25) is 0 Å². The van der Waals surface area contributed by atoms with Gasteiger partial charge in [0.1, 0.15) is 17.9 Å². The molecular weight excluding hydrogens is 544 g/mol. The minimum atomic E-state index is -3.40. The molecule has 3 aromatic rings. The number of sulfone groups is 1. The highest BCUT2D eigenvalue weighted by Crippen LogP contribution is 2.32. The zero-order chi connectivity index (χ0) is 30.2. The Kier molecular flexibility index (Phi) is 13.5. The summed E-state index contributed by atoms with van der Waals surface area (Å²) in [6.07, 6.45) is 13.2. The molecule has 7 nitrogen and oxygen atoms in total. The van der Waals surface area contributed by atoms with Gasteiger partial charge in [-0.15, -0.1) is 0 Å². The average Bonchev–Trinajstić information content (AvgIpc) is 3.02. The van der Waals surface area contributed by atoms with Crippen molar-refractivity contribution in [3.05, 3.63) is 59.9 Å². The maximum atomic E-state index is 12.9. The third kappa shape index (κ3) is 9.67. The molecule has 0 atom stereocenters. The van der Waals surface area contributed by atoms with Crippen molar-refractivity contribution >= 4 is 9.84 Å². The summed E-state index contributed by atoms with van der Waals surface area (Å²) in [7, 11) is -3.40. The van der Waals surface area contributed by atoms with E-state index >= 15 is 0 Å². The molecule has 0 aliphatic carbocycles. The average molecular weight is 587 g/mol. The Bertz CT molecular complexity index is 1450. The SMILES string of the molecule is CCCCCCCCOc1ccc(-c2nc(C#N)c(C#N)nc2-c2ccc(S(=O)(=O)CCCCCCCC)cc2)cc1. The van der Waals surface area contributed by atoms with E-state index in [4.69, 9.17) is 4.74 Å². The van der Waals surface area contributed by atoms with Crippen molar-refractivity contribution in [1.29, 1.82) is 10.5 Å². The molecule has 2 aromatic carbocycles. The van der Waals surface area contributed by atoms with Gasteiger partial charge in [-0.1, -0.05) is 90.2 Å². The molecule has 0 fully saturated rings. The van der Waals surface area contributed by atoms with Gasteiger partial charge in [0, 0.05) is 11.1 Å². The van der Waals surface area contributed by atoms with Gasteiger partial charge in [0.25, 0.3) is 0 Å². The van der Waals surface area contributed by atoms with Crippen molar-refractivity contribution < 1.29 is 13.2 Å². The van der Waals surface area contributed by atoms with Crippen molar-refractivity contribution in [3.63, 3.8) is 0 Å². The number of aromatic nitrogens is 2. The highest BCUT2D eigenvalue weighted by molar-refractivity contribution is 7.91. The van der Waals surface area contributed by atoms with Crippen LogP contribution in [0.5, 0.6) is 5.75 Å². The molecule has 1 heterocycles. The zero-order valence-corrected chi connectivity index (χ0v) is 25.8. The monoisotopic (exact) mass is 586 g/mol. The number of hydrogen-bond donors (Lipinski definition) is 0. The van der Waals surface area contributed by atoms with E-state index in [-0.39, 0.29) is 22.0 Å². The molecule has 8 heteroatoms. The van der Waals surface area contributed by atoms with Gasteiger partial charge in [-0.05, 0) is 49.2 Å². The molecule has 0 amide bonds. The van der Waals surface area contributed by atoms with Crippen LogP contribution in [0.1, 0.15) is 102 Å². The Balaban J connectivity index is 1.77. The fraction of sp³-hybridized carbons (Fsp3) is 0.471. The summed E-state index contributed by atoms with van der Waals surface area (Å²) in [5.74, 6) is 0.864. The van der Waals surface area contributed by atoms with E-state index in [1.807, 2.05) is 36.4 Å². The molecule has 222 valence electrons. The predicted molar refractivity (Wildman–Crippen MR) is 167 cm³/mol. The fourth-order valence-electron chi connectivity index (χ4n) is 4.79. The van der Waals surface area contributed by atoms with Crippen LogP contribution >= 0.6 is 0 Å². The first-order valence-corrected chi connectivity index (χ1v) is 16.9. The Morgan fingerprint density at radius 3 is 1.60 bits per heavy atom. The Morgan fingerprint density at radius 1 is 0.643 bits per heavy atom. The van der Waals surface area contributed by atoms with E-state index < -0.39 is 9.84 Å². The van der Waals surface area contributed by atoms with Crippen LogP contribution in [-0.2, 0) is 9.84 Å². The summed E-state index contributed by atoms with van der Waals surface area (Å²) in [5.41, 5.74) is 2.04. The van der Waals surface area contributed by atoms with Crippen molar-refractivity contribution in [2.24, 2.45) is 0 Å². The Hall–Kier alpha value is -3.75. The number of nitriles is 2. The van der Waals surface area contributed by atoms with Crippen LogP contribution in [0.3, 0.4) is 0 Å². The second kappa shape index (κ2) is 17.3. The minimum absolute atomic E-state index is 0.0576. The summed E-state index contributed by atoms with van der Waals surface area (Å²) in [5, 5.41) is 19.2. The van der Waals surface area contributed by atoms with E-state index in [9.17, 15) is 18.9 Å². The van der Waals surface area contributed by atoms with Gasteiger partial charge in [0.05, 0.1) is 28.6 Å². The van der Waals surface area contributed by atoms with Crippen molar-refractivity contribution in [3.8, 4) is 40.4 Å². The van der Waals surface area contributed by atoms with Crippen molar-refractivity contribution in [1.82, 2.24) is 9.97 Å². The standard InChI is InChI=1S/C34H42N4O3S/c1-3-5-7-9-11-13-23-41-29-19-15-27(16-20-29)33-34(38-32(26-36)31(25-35)37-33)28-17-21-30(22-18-28)42(39,40)24-14-12-10-8-6-4-2/h15-22H,3-14,23-24H2,1-2H3. The van der Waals surface area contributed by atoms with Crippen LogP contribution in [-0.4, -0.2) is 30.7 Å². The van der Waals surface area contributed by atoms with Gasteiger partial charge in [0.15, 0.2) is 21.2 Å². The molecule has 3 rings (SSSR count). The third-order valence-electron chi connectivity index (χ3n) is 7.26. The Morgan fingerprint density at radius 2 is 1.10 bits per heavy atom. The molecule has 0 saturated heterocycles. The third-order valence-corrected chi connectivity index (χ3v) is 9.07. The normalized spacial score (nSPS) is 11.1. The van der Waals surface area contributed by atoms with E-state index in [1.165, 1.54) is 32.1 Å². The molecule has 0 radical (unpaired) electrons. The molecule has 0 saturated carbocycles. The predicted octanol–water partition coefficient (Wildman–Crippen LogP) is 8.43. The maximum Gasteiger partial charge on any atom is 0.178 e. The van der Waals surface area contributed by atoms with E-state index in [1.54, 1.807) is 24.3 Å². The maximum absolute atomic E-state index is 12.9. The molecule has 0 unspecified atom stereocenters. The van der Waals surface area contributed by atoms with E-state index in [0.29, 0.717) is 35.5 Å². The second-order valence-electron chi connectivity index (χ2n) is 10.6. The summed E-state index contributed by atoms with van der Waals surface area (Å²) in [6, 6.07) is 17.9. The van der Waals surface area contributed by atoms with Crippen molar-refractivity contribution in [2.75, 3.05) is 12.4 Å². The lowest BCUT2D eigenvalue weighted by Gasteiger charge is -2.12. The van der Waals surface area contributed by atoms with Crippen LogP contribution in [0.4, 0.5) is 0 Å². The highest BCUT2D eigenvalue weighted by Gasteiger charge is 2.19. The molecule has 1 aromatic heterocycles. The Labute approximate surface area is 251 Å².